The average molecular weight is 258 g/mol. The van der Waals surface area contributed by atoms with Crippen molar-refractivity contribution in [2.45, 2.75) is 27.3 Å². The molecule has 0 aliphatic rings. The lowest BCUT2D eigenvalue weighted by Crippen LogP contribution is -2.20. The molecule has 0 aliphatic carbocycles. The van der Waals surface area contributed by atoms with Gasteiger partial charge in [-0.2, -0.15) is 5.10 Å². The van der Waals surface area contributed by atoms with Crippen LogP contribution in [0.5, 0.6) is 0 Å². The van der Waals surface area contributed by atoms with Crippen molar-refractivity contribution >= 4 is 17.3 Å². The summed E-state index contributed by atoms with van der Waals surface area (Å²) in [5, 5.41) is 7.15. The van der Waals surface area contributed by atoms with Gasteiger partial charge in [0.1, 0.15) is 6.54 Å². The van der Waals surface area contributed by atoms with Crippen LogP contribution in [0.2, 0.25) is 0 Å². The molecule has 0 saturated carbocycles. The SMILES string of the molecule is Cc1nn(CC(=O)Nc2cccc(N)c2)c(C)c1C. The second-order valence-electron chi connectivity index (χ2n) is 4.63. The molecule has 0 radical (unpaired) electrons. The van der Waals surface area contributed by atoms with Crippen molar-refractivity contribution in [2.75, 3.05) is 11.1 Å². The Labute approximate surface area is 112 Å². The summed E-state index contributed by atoms with van der Waals surface area (Å²) in [5.74, 6) is -0.115. The average Bonchev–Trinajstić information content (AvgIpc) is 2.57. The first kappa shape index (κ1) is 13.1. The molecule has 0 spiro atoms. The number of nitrogens with zero attached hydrogens (tertiary/aromatic N) is 2. The Morgan fingerprint density at radius 2 is 2.11 bits per heavy atom. The number of amides is 1. The smallest absolute Gasteiger partial charge is 0.246 e. The zero-order chi connectivity index (χ0) is 14.0. The van der Waals surface area contributed by atoms with E-state index in [1.54, 1.807) is 28.9 Å². The highest BCUT2D eigenvalue weighted by Gasteiger charge is 2.10. The lowest BCUT2D eigenvalue weighted by Gasteiger charge is -2.07. The fraction of sp³-hybridized carbons (Fsp3) is 0.286. The highest BCUT2D eigenvalue weighted by molar-refractivity contribution is 5.91. The molecule has 100 valence electrons. The Hall–Kier alpha value is -2.30. The Bertz CT molecular complexity index is 616. The standard InChI is InChI=1S/C14H18N4O/c1-9-10(2)17-18(11(9)3)8-14(19)16-13-6-4-5-12(15)7-13/h4-7H,8,15H2,1-3H3,(H,16,19). The number of nitrogens with one attached hydrogen (secondary N) is 1. The third-order valence-corrected chi connectivity index (χ3v) is 3.21. The van der Waals surface area contributed by atoms with E-state index in [2.05, 4.69) is 10.4 Å². The van der Waals surface area contributed by atoms with Crippen LogP contribution in [0.3, 0.4) is 0 Å². The molecule has 5 heteroatoms. The van der Waals surface area contributed by atoms with Crippen LogP contribution in [-0.4, -0.2) is 15.7 Å². The summed E-state index contributed by atoms with van der Waals surface area (Å²) in [7, 11) is 0. The number of hydrogen-bond acceptors (Lipinski definition) is 3. The van der Waals surface area contributed by atoms with Crippen molar-refractivity contribution in [2.24, 2.45) is 0 Å². The number of nitrogens with two attached hydrogens (primary N) is 1. The van der Waals surface area contributed by atoms with E-state index in [4.69, 9.17) is 5.73 Å². The van der Waals surface area contributed by atoms with Crippen LogP contribution in [0.4, 0.5) is 11.4 Å². The highest BCUT2D eigenvalue weighted by Crippen LogP contribution is 2.13. The van der Waals surface area contributed by atoms with E-state index in [1.807, 2.05) is 20.8 Å². The Kier molecular flexibility index (Phi) is 3.55. The predicted octanol–water partition coefficient (Wildman–Crippen LogP) is 2.03. The number of aromatic nitrogens is 2. The summed E-state index contributed by atoms with van der Waals surface area (Å²) >= 11 is 0. The van der Waals surface area contributed by atoms with Crippen LogP contribution in [0.1, 0.15) is 17.0 Å². The zero-order valence-electron chi connectivity index (χ0n) is 11.4. The number of rotatable bonds is 3. The minimum atomic E-state index is -0.115. The van der Waals surface area contributed by atoms with Crippen LogP contribution < -0.4 is 11.1 Å². The fourth-order valence-corrected chi connectivity index (χ4v) is 1.89. The molecule has 1 amide bonds. The van der Waals surface area contributed by atoms with Gasteiger partial charge in [0.25, 0.3) is 0 Å². The van der Waals surface area contributed by atoms with Crippen LogP contribution in [-0.2, 0) is 11.3 Å². The topological polar surface area (TPSA) is 72.9 Å². The summed E-state index contributed by atoms with van der Waals surface area (Å²) in [6.07, 6.45) is 0. The Morgan fingerprint density at radius 3 is 2.68 bits per heavy atom. The third kappa shape index (κ3) is 2.93. The minimum Gasteiger partial charge on any atom is -0.399 e. The van der Waals surface area contributed by atoms with Gasteiger partial charge in [0.15, 0.2) is 0 Å². The van der Waals surface area contributed by atoms with Crippen LogP contribution in [0.25, 0.3) is 0 Å². The predicted molar refractivity (Wildman–Crippen MR) is 75.9 cm³/mol. The first-order chi connectivity index (χ1) is 8.97. The molecular formula is C14H18N4O. The van der Waals surface area contributed by atoms with E-state index < -0.39 is 0 Å². The Morgan fingerprint density at radius 1 is 1.37 bits per heavy atom. The molecule has 1 aromatic heterocycles. The molecular weight excluding hydrogens is 240 g/mol. The number of anilines is 2. The summed E-state index contributed by atoms with van der Waals surface area (Å²) in [4.78, 5) is 12.0. The molecule has 5 nitrogen and oxygen atoms in total. The van der Waals surface area contributed by atoms with Crippen molar-refractivity contribution in [3.05, 3.63) is 41.2 Å². The van der Waals surface area contributed by atoms with Gasteiger partial charge in [0, 0.05) is 17.1 Å². The van der Waals surface area contributed by atoms with Crippen molar-refractivity contribution in [3.8, 4) is 0 Å². The quantitative estimate of drug-likeness (QED) is 0.827. The second-order valence-corrected chi connectivity index (χ2v) is 4.63. The molecule has 3 N–H and O–H groups in total. The summed E-state index contributed by atoms with van der Waals surface area (Å²) in [6, 6.07) is 7.11. The molecule has 0 atom stereocenters. The number of carbonyl (C=O) groups excluding carboxylic acids is 1. The van der Waals surface area contributed by atoms with Crippen molar-refractivity contribution in [1.29, 1.82) is 0 Å². The lowest BCUT2D eigenvalue weighted by molar-refractivity contribution is -0.116. The van der Waals surface area contributed by atoms with Gasteiger partial charge < -0.3 is 11.1 Å². The fourth-order valence-electron chi connectivity index (χ4n) is 1.89. The van der Waals surface area contributed by atoms with E-state index in [0.717, 1.165) is 17.0 Å². The Balaban J connectivity index is 2.07. The summed E-state index contributed by atoms with van der Waals surface area (Å²) in [5.41, 5.74) is 10.1. The van der Waals surface area contributed by atoms with Gasteiger partial charge in [-0.25, -0.2) is 0 Å². The van der Waals surface area contributed by atoms with Crippen molar-refractivity contribution < 1.29 is 4.79 Å². The van der Waals surface area contributed by atoms with Crippen molar-refractivity contribution in [1.82, 2.24) is 9.78 Å². The number of carbonyl (C=O) groups is 1. The maximum absolute atomic E-state index is 12.0. The maximum Gasteiger partial charge on any atom is 0.246 e. The number of aryl methyl sites for hydroxylation is 1. The van der Waals surface area contributed by atoms with E-state index in [-0.39, 0.29) is 12.5 Å². The van der Waals surface area contributed by atoms with Gasteiger partial charge in [-0.3, -0.25) is 9.48 Å². The van der Waals surface area contributed by atoms with Gasteiger partial charge in [0.2, 0.25) is 5.91 Å². The van der Waals surface area contributed by atoms with E-state index >= 15 is 0 Å². The molecule has 1 heterocycles. The first-order valence-electron chi connectivity index (χ1n) is 6.13. The van der Waals surface area contributed by atoms with Crippen molar-refractivity contribution in [3.63, 3.8) is 0 Å². The van der Waals surface area contributed by atoms with E-state index in [0.29, 0.717) is 11.4 Å². The second kappa shape index (κ2) is 5.14. The number of hydrogen-bond donors (Lipinski definition) is 2. The van der Waals surface area contributed by atoms with E-state index in [1.165, 1.54) is 0 Å². The van der Waals surface area contributed by atoms with Gasteiger partial charge >= 0.3 is 0 Å². The first-order valence-corrected chi connectivity index (χ1v) is 6.13. The van der Waals surface area contributed by atoms with Crippen LogP contribution in [0.15, 0.2) is 24.3 Å². The molecule has 2 aromatic rings. The monoisotopic (exact) mass is 258 g/mol. The lowest BCUT2D eigenvalue weighted by atomic mass is 10.2. The molecule has 1 aromatic carbocycles. The largest absolute Gasteiger partial charge is 0.399 e. The molecule has 0 bridgehead atoms. The normalized spacial score (nSPS) is 10.5. The minimum absolute atomic E-state index is 0.115. The number of benzene rings is 1. The van der Waals surface area contributed by atoms with Gasteiger partial charge in [0.05, 0.1) is 5.69 Å². The van der Waals surface area contributed by atoms with E-state index in [9.17, 15) is 4.79 Å². The van der Waals surface area contributed by atoms with Gasteiger partial charge in [-0.15, -0.1) is 0 Å². The van der Waals surface area contributed by atoms with Crippen LogP contribution in [0, 0.1) is 20.8 Å². The summed E-state index contributed by atoms with van der Waals surface area (Å²) < 4.78 is 1.71. The van der Waals surface area contributed by atoms with Crippen LogP contribution >= 0.6 is 0 Å². The van der Waals surface area contributed by atoms with Gasteiger partial charge in [-0.05, 0) is 44.5 Å². The summed E-state index contributed by atoms with van der Waals surface area (Å²) in [6.45, 7) is 6.11. The molecule has 0 fully saturated rings. The molecule has 0 unspecified atom stereocenters. The molecule has 0 saturated heterocycles. The third-order valence-electron chi connectivity index (χ3n) is 3.21. The maximum atomic E-state index is 12.0. The molecule has 19 heavy (non-hydrogen) atoms. The number of nitrogen functional groups attached to an aromatic ring is 1. The van der Waals surface area contributed by atoms with Gasteiger partial charge in [-0.1, -0.05) is 6.07 Å². The molecule has 0 aliphatic heterocycles. The molecule has 2 rings (SSSR count). The zero-order valence-corrected chi connectivity index (χ0v) is 11.4. The highest BCUT2D eigenvalue weighted by atomic mass is 16.2.